The lowest BCUT2D eigenvalue weighted by molar-refractivity contribution is 0.0678. The minimum atomic E-state index is -0.722. The van der Waals surface area contributed by atoms with E-state index in [1.807, 2.05) is 37.3 Å². The maximum absolute atomic E-state index is 14.8. The van der Waals surface area contributed by atoms with Crippen molar-refractivity contribution in [2.24, 2.45) is 0 Å². The highest BCUT2D eigenvalue weighted by atomic mass is 32.2. The summed E-state index contributed by atoms with van der Waals surface area (Å²) in [6.07, 6.45) is 0.991. The summed E-state index contributed by atoms with van der Waals surface area (Å²) in [5, 5.41) is 16.4. The van der Waals surface area contributed by atoms with Crippen LogP contribution < -0.4 is 10.4 Å². The lowest BCUT2D eigenvalue weighted by Gasteiger charge is -2.42. The molecule has 1 N–H and O–H groups in total. The molecule has 0 saturated heterocycles. The Morgan fingerprint density at radius 1 is 1.16 bits per heavy atom. The van der Waals surface area contributed by atoms with Crippen molar-refractivity contribution in [3.05, 3.63) is 87.1 Å². The molecular weight excluding hydrogens is 419 g/mol. The molecule has 0 spiro atoms. The Balaban J connectivity index is 1.80. The topological polar surface area (TPSA) is 78.7 Å². The van der Waals surface area contributed by atoms with Crippen molar-refractivity contribution in [3.63, 3.8) is 0 Å². The normalized spacial score (nSPS) is 17.6. The fourth-order valence-electron chi connectivity index (χ4n) is 4.16. The third-order valence-corrected chi connectivity index (χ3v) is 6.82. The van der Waals surface area contributed by atoms with Crippen LogP contribution in [0.4, 0.5) is 4.39 Å². The summed E-state index contributed by atoms with van der Waals surface area (Å²) >= 11 is 1.55. The van der Waals surface area contributed by atoms with Crippen LogP contribution in [0.1, 0.15) is 40.1 Å². The zero-order chi connectivity index (χ0) is 21.7. The van der Waals surface area contributed by atoms with Crippen molar-refractivity contribution >= 4 is 17.7 Å². The van der Waals surface area contributed by atoms with Crippen LogP contribution in [0.15, 0.2) is 58.4 Å². The van der Waals surface area contributed by atoms with E-state index in [4.69, 9.17) is 0 Å². The summed E-state index contributed by atoms with van der Waals surface area (Å²) in [5.41, 5.74) is 1.37. The van der Waals surface area contributed by atoms with Gasteiger partial charge in [0.2, 0.25) is 5.43 Å². The van der Waals surface area contributed by atoms with Crippen LogP contribution in [-0.4, -0.2) is 39.0 Å². The molecule has 0 fully saturated rings. The Kier molecular flexibility index (Phi) is 4.70. The second-order valence-electron chi connectivity index (χ2n) is 7.37. The van der Waals surface area contributed by atoms with Gasteiger partial charge >= 0.3 is 0 Å². The molecule has 2 aliphatic rings. The van der Waals surface area contributed by atoms with Gasteiger partial charge in [-0.2, -0.15) is 9.89 Å². The molecule has 158 valence electrons. The third kappa shape index (κ3) is 2.99. The van der Waals surface area contributed by atoms with Gasteiger partial charge in [-0.3, -0.25) is 14.6 Å². The molecule has 2 aliphatic heterocycles. The average Bonchev–Trinajstić information content (AvgIpc) is 2.94. The maximum Gasteiger partial charge on any atom is 0.279 e. The Labute approximate surface area is 181 Å². The molecule has 1 unspecified atom stereocenters. The van der Waals surface area contributed by atoms with Crippen LogP contribution in [0.2, 0.25) is 0 Å². The van der Waals surface area contributed by atoms with Gasteiger partial charge in [0.25, 0.3) is 5.91 Å². The largest absolute Gasteiger partial charge is 0.502 e. The molecule has 7 nitrogen and oxygen atoms in total. The number of benzene rings is 2. The summed E-state index contributed by atoms with van der Waals surface area (Å²) in [6, 6.07) is 12.3. The number of amides is 1. The Hall–Kier alpha value is -3.33. The number of hydrogen-bond donors (Lipinski definition) is 1. The Bertz CT molecular complexity index is 1260. The number of carbonyl (C=O) groups excluding carboxylic acids is 1. The fourth-order valence-corrected chi connectivity index (χ4v) is 5.29. The van der Waals surface area contributed by atoms with Gasteiger partial charge in [-0.15, -0.1) is 11.8 Å². The summed E-state index contributed by atoms with van der Waals surface area (Å²) < 4.78 is 14.8. The Morgan fingerprint density at radius 3 is 2.74 bits per heavy atom. The number of nitrogens with zero attached hydrogens (tertiary/aromatic N) is 4. The van der Waals surface area contributed by atoms with Crippen molar-refractivity contribution < 1.29 is 14.3 Å². The zero-order valence-electron chi connectivity index (χ0n) is 16.7. The van der Waals surface area contributed by atoms with Crippen LogP contribution in [0.25, 0.3) is 0 Å². The van der Waals surface area contributed by atoms with Crippen molar-refractivity contribution in [1.29, 1.82) is 0 Å². The highest BCUT2D eigenvalue weighted by Gasteiger charge is 2.39. The first-order chi connectivity index (χ1) is 15.0. The predicted octanol–water partition coefficient (Wildman–Crippen LogP) is 2.85. The number of rotatable bonds is 2. The molecule has 0 aliphatic carbocycles. The highest BCUT2D eigenvalue weighted by molar-refractivity contribution is 7.98. The molecule has 1 amide bonds. The predicted molar refractivity (Wildman–Crippen MR) is 114 cm³/mol. The van der Waals surface area contributed by atoms with E-state index in [2.05, 4.69) is 5.10 Å². The van der Waals surface area contributed by atoms with E-state index < -0.39 is 23.1 Å². The summed E-state index contributed by atoms with van der Waals surface area (Å²) in [7, 11) is 0. The standard InChI is InChI=1S/C22H19FN4O3S/c1-2-25-12-26(27-20(22(25)30)21(29)17(28)10-24-27)19-13-7-5-8-16(23)15(13)11-31-18-9-4-3-6-14(18)19/h3-10,19,29H,2,11-12H2,1H3. The van der Waals surface area contributed by atoms with Gasteiger partial charge in [0.15, 0.2) is 11.4 Å². The monoisotopic (exact) mass is 438 g/mol. The van der Waals surface area contributed by atoms with E-state index in [9.17, 15) is 19.1 Å². The number of hydrogen-bond acceptors (Lipinski definition) is 6. The van der Waals surface area contributed by atoms with Crippen LogP contribution in [0.5, 0.6) is 5.75 Å². The molecule has 3 heterocycles. The molecule has 1 aromatic heterocycles. The molecule has 9 heteroatoms. The molecule has 1 atom stereocenters. The molecular formula is C22H19FN4O3S. The first kappa shape index (κ1) is 19.6. The van der Waals surface area contributed by atoms with Gasteiger partial charge in [0, 0.05) is 22.8 Å². The summed E-state index contributed by atoms with van der Waals surface area (Å²) in [4.78, 5) is 28.8. The second-order valence-corrected chi connectivity index (χ2v) is 8.39. The minimum absolute atomic E-state index is 0.164. The van der Waals surface area contributed by atoms with E-state index in [0.717, 1.165) is 22.2 Å². The van der Waals surface area contributed by atoms with E-state index in [1.54, 1.807) is 22.8 Å². The van der Waals surface area contributed by atoms with Gasteiger partial charge in [0.1, 0.15) is 24.7 Å². The maximum atomic E-state index is 14.8. The van der Waals surface area contributed by atoms with Gasteiger partial charge < -0.3 is 10.0 Å². The molecule has 2 aromatic carbocycles. The number of thioether (sulfide) groups is 1. The minimum Gasteiger partial charge on any atom is -0.502 e. The molecule has 31 heavy (non-hydrogen) atoms. The van der Waals surface area contributed by atoms with Crippen LogP contribution >= 0.6 is 11.8 Å². The first-order valence-corrected chi connectivity index (χ1v) is 10.9. The second kappa shape index (κ2) is 7.42. The lowest BCUT2D eigenvalue weighted by atomic mass is 9.94. The molecule has 5 rings (SSSR count). The van der Waals surface area contributed by atoms with E-state index in [-0.39, 0.29) is 18.2 Å². The summed E-state index contributed by atoms with van der Waals surface area (Å²) in [5.74, 6) is -0.939. The number of aromatic nitrogens is 2. The highest BCUT2D eigenvalue weighted by Crippen LogP contribution is 2.43. The fraction of sp³-hybridized carbons (Fsp3) is 0.227. The average molecular weight is 438 g/mol. The molecule has 0 radical (unpaired) electrons. The number of halogens is 1. The molecule has 3 aromatic rings. The SMILES string of the molecule is CCN1CN(C2c3ccccc3SCc3c(F)cccc32)n2ncc(=O)c(O)c2C1=O. The van der Waals surface area contributed by atoms with Crippen molar-refractivity contribution in [2.75, 3.05) is 18.2 Å². The number of fused-ring (bicyclic) bond motifs is 3. The van der Waals surface area contributed by atoms with Gasteiger partial charge in [-0.25, -0.2) is 4.39 Å². The van der Waals surface area contributed by atoms with E-state index in [1.165, 1.54) is 15.8 Å². The molecule has 0 bridgehead atoms. The number of aromatic hydroxyl groups is 1. The van der Waals surface area contributed by atoms with Crippen molar-refractivity contribution in [1.82, 2.24) is 14.8 Å². The zero-order valence-corrected chi connectivity index (χ0v) is 17.5. The third-order valence-electron chi connectivity index (χ3n) is 5.71. The molecule has 0 saturated carbocycles. The van der Waals surface area contributed by atoms with Gasteiger partial charge in [0.05, 0.1) is 0 Å². The van der Waals surface area contributed by atoms with Crippen LogP contribution in [0, 0.1) is 5.82 Å². The van der Waals surface area contributed by atoms with Crippen molar-refractivity contribution in [3.8, 4) is 5.75 Å². The van der Waals surface area contributed by atoms with Crippen LogP contribution in [-0.2, 0) is 5.75 Å². The number of carbonyl (C=O) groups is 1. The van der Waals surface area contributed by atoms with Gasteiger partial charge in [-0.05, 0) is 30.2 Å². The van der Waals surface area contributed by atoms with Gasteiger partial charge in [-0.1, -0.05) is 30.3 Å². The van der Waals surface area contributed by atoms with E-state index in [0.29, 0.717) is 17.9 Å². The Morgan fingerprint density at radius 2 is 1.94 bits per heavy atom. The first-order valence-electron chi connectivity index (χ1n) is 9.87. The smallest absolute Gasteiger partial charge is 0.279 e. The van der Waals surface area contributed by atoms with Crippen molar-refractivity contribution in [2.45, 2.75) is 23.6 Å². The summed E-state index contributed by atoms with van der Waals surface area (Å²) in [6.45, 7) is 2.36. The van der Waals surface area contributed by atoms with E-state index >= 15 is 0 Å². The quantitative estimate of drug-likeness (QED) is 0.663. The lowest BCUT2D eigenvalue weighted by Crippen LogP contribution is -2.56. The van der Waals surface area contributed by atoms with Crippen LogP contribution in [0.3, 0.4) is 0 Å².